The van der Waals surface area contributed by atoms with Crippen LogP contribution >= 0.6 is 0 Å². The molecule has 5 nitrogen and oxygen atoms in total. The highest BCUT2D eigenvalue weighted by Gasteiger charge is 2.37. The van der Waals surface area contributed by atoms with Crippen LogP contribution in [-0.2, 0) is 13.1 Å². The predicted octanol–water partition coefficient (Wildman–Crippen LogP) is 1.07. The second-order valence-corrected chi connectivity index (χ2v) is 7.22. The average Bonchev–Trinajstić information content (AvgIpc) is 2.62. The van der Waals surface area contributed by atoms with Crippen molar-refractivity contribution in [2.24, 2.45) is 5.92 Å². The first-order chi connectivity index (χ1) is 12.2. The van der Waals surface area contributed by atoms with Crippen molar-refractivity contribution in [1.29, 1.82) is 0 Å². The molecule has 3 atom stereocenters. The molecule has 0 amide bonds. The highest BCUT2D eigenvalue weighted by atomic mass is 16.5. The number of nitrogens with zero attached hydrogens (tertiary/aromatic N) is 1. The average molecular weight is 341 g/mol. The van der Waals surface area contributed by atoms with Gasteiger partial charge in [0.2, 0.25) is 0 Å². The minimum absolute atomic E-state index is 0.149. The molecule has 2 aliphatic rings. The molecule has 2 aromatic rings. The summed E-state index contributed by atoms with van der Waals surface area (Å²) >= 11 is 0. The number of rotatable bonds is 4. The molecule has 0 radical (unpaired) electrons. The molecule has 4 rings (SSSR count). The fourth-order valence-electron chi connectivity index (χ4n) is 4.54. The molecule has 5 heteroatoms. The number of hydrogen-bond donors (Lipinski definition) is 1. The number of methoxy groups -OCH3 is 2. The van der Waals surface area contributed by atoms with E-state index in [1.807, 2.05) is 16.7 Å². The summed E-state index contributed by atoms with van der Waals surface area (Å²) in [5, 5.41) is 0. The normalized spacial score (nSPS) is 24.5. The Kier molecular flexibility index (Phi) is 4.25. The highest BCUT2D eigenvalue weighted by Crippen LogP contribution is 2.31. The van der Waals surface area contributed by atoms with E-state index in [9.17, 15) is 4.79 Å². The van der Waals surface area contributed by atoms with Gasteiger partial charge in [0.25, 0.3) is 5.56 Å². The van der Waals surface area contributed by atoms with Crippen molar-refractivity contribution in [2.45, 2.75) is 25.4 Å². The Morgan fingerprint density at radius 3 is 2.76 bits per heavy atom. The number of pyridine rings is 1. The van der Waals surface area contributed by atoms with Gasteiger partial charge in [-0.15, -0.1) is 0 Å². The highest BCUT2D eigenvalue weighted by molar-refractivity contribution is 5.42. The van der Waals surface area contributed by atoms with E-state index in [2.05, 4.69) is 18.2 Å². The smallest absolute Gasteiger partial charge is 0.250 e. The molecule has 132 valence electrons. The number of nitrogens with one attached hydrogen (secondary N) is 1. The molecular weight excluding hydrogens is 316 g/mol. The van der Waals surface area contributed by atoms with E-state index in [-0.39, 0.29) is 5.56 Å². The summed E-state index contributed by atoms with van der Waals surface area (Å²) in [6.07, 6.45) is 1.21. The monoisotopic (exact) mass is 341 g/mol. The standard InChI is InChI=1S/C20H24N2O3/c1-24-18-7-6-14(9-19(18)25-2)10-21-11-15-8-16(13-21)17-4-3-5-20(23)22(17)12-15/h3-7,9,15-16H,8,10-13H2,1-2H3/p+1/t15-,16+/m1/s1. The molecule has 2 aliphatic heterocycles. The minimum Gasteiger partial charge on any atom is -0.493 e. The van der Waals surface area contributed by atoms with Gasteiger partial charge in [-0.25, -0.2) is 0 Å². The fourth-order valence-corrected chi connectivity index (χ4v) is 4.54. The van der Waals surface area contributed by atoms with Crippen LogP contribution in [-0.4, -0.2) is 31.9 Å². The maximum Gasteiger partial charge on any atom is 0.250 e. The van der Waals surface area contributed by atoms with Gasteiger partial charge < -0.3 is 18.9 Å². The van der Waals surface area contributed by atoms with Crippen LogP contribution < -0.4 is 19.9 Å². The van der Waals surface area contributed by atoms with Crippen LogP contribution in [0.3, 0.4) is 0 Å². The van der Waals surface area contributed by atoms with Crippen molar-refractivity contribution >= 4 is 0 Å². The molecule has 2 bridgehead atoms. The number of fused-ring (bicyclic) bond motifs is 4. The van der Waals surface area contributed by atoms with Gasteiger partial charge in [-0.05, 0) is 30.7 Å². The van der Waals surface area contributed by atoms with Crippen LogP contribution in [0.15, 0.2) is 41.2 Å². The lowest BCUT2D eigenvalue weighted by molar-refractivity contribution is -0.924. The molecule has 1 fully saturated rings. The van der Waals surface area contributed by atoms with E-state index in [1.54, 1.807) is 25.2 Å². The first-order valence-corrected chi connectivity index (χ1v) is 8.92. The van der Waals surface area contributed by atoms with E-state index in [4.69, 9.17) is 9.47 Å². The largest absolute Gasteiger partial charge is 0.493 e. The summed E-state index contributed by atoms with van der Waals surface area (Å²) in [6.45, 7) is 4.03. The molecule has 0 spiro atoms. The fraction of sp³-hybridized carbons (Fsp3) is 0.450. The Bertz CT molecular complexity index is 830. The van der Waals surface area contributed by atoms with Gasteiger partial charge in [0.1, 0.15) is 6.54 Å². The number of aromatic nitrogens is 1. The SMILES string of the molecule is COc1ccc(C[NH+]2C[C@H]3C[C@@H](C2)c2cccc(=O)n2C3)cc1OC. The zero-order valence-electron chi connectivity index (χ0n) is 14.8. The van der Waals surface area contributed by atoms with E-state index < -0.39 is 0 Å². The van der Waals surface area contributed by atoms with Gasteiger partial charge in [0.05, 0.1) is 27.3 Å². The van der Waals surface area contributed by atoms with E-state index >= 15 is 0 Å². The summed E-state index contributed by atoms with van der Waals surface area (Å²) in [4.78, 5) is 13.7. The molecule has 0 aliphatic carbocycles. The number of quaternary nitrogens is 1. The van der Waals surface area contributed by atoms with Gasteiger partial charge in [-0.1, -0.05) is 6.07 Å². The predicted molar refractivity (Wildman–Crippen MR) is 95.5 cm³/mol. The maximum atomic E-state index is 12.1. The van der Waals surface area contributed by atoms with Gasteiger partial charge in [-0.2, -0.15) is 0 Å². The third-order valence-corrected chi connectivity index (χ3v) is 5.57. The first-order valence-electron chi connectivity index (χ1n) is 8.92. The third-order valence-electron chi connectivity index (χ3n) is 5.57. The van der Waals surface area contributed by atoms with Crippen molar-refractivity contribution in [3.05, 3.63) is 58.0 Å². The van der Waals surface area contributed by atoms with Crippen molar-refractivity contribution in [3.63, 3.8) is 0 Å². The maximum absolute atomic E-state index is 12.1. The van der Waals surface area contributed by atoms with Crippen LogP contribution in [0.25, 0.3) is 0 Å². The molecule has 3 heterocycles. The Morgan fingerprint density at radius 1 is 1.12 bits per heavy atom. The Hall–Kier alpha value is -2.27. The van der Waals surface area contributed by atoms with Crippen LogP contribution in [0, 0.1) is 5.92 Å². The quantitative estimate of drug-likeness (QED) is 0.905. The summed E-state index contributed by atoms with van der Waals surface area (Å²) in [5.41, 5.74) is 2.63. The molecule has 1 saturated heterocycles. The number of piperidine rings is 1. The lowest BCUT2D eigenvalue weighted by atomic mass is 9.83. The zero-order valence-corrected chi connectivity index (χ0v) is 14.8. The third kappa shape index (κ3) is 3.04. The Labute approximate surface area is 147 Å². The zero-order chi connectivity index (χ0) is 17.4. The number of ether oxygens (including phenoxy) is 2. The van der Waals surface area contributed by atoms with Crippen LogP contribution in [0.2, 0.25) is 0 Å². The topological polar surface area (TPSA) is 44.9 Å². The number of hydrogen-bond acceptors (Lipinski definition) is 3. The Balaban J connectivity index is 1.54. The van der Waals surface area contributed by atoms with Crippen LogP contribution in [0.4, 0.5) is 0 Å². The Morgan fingerprint density at radius 2 is 1.96 bits per heavy atom. The van der Waals surface area contributed by atoms with Gasteiger partial charge in [0, 0.05) is 35.7 Å². The van der Waals surface area contributed by atoms with E-state index in [1.165, 1.54) is 17.7 Å². The lowest BCUT2D eigenvalue weighted by Crippen LogP contribution is -3.13. The summed E-state index contributed by atoms with van der Waals surface area (Å²) in [7, 11) is 3.34. The number of benzene rings is 1. The summed E-state index contributed by atoms with van der Waals surface area (Å²) in [5.74, 6) is 2.62. The van der Waals surface area contributed by atoms with Crippen molar-refractivity contribution in [1.82, 2.24) is 4.57 Å². The molecule has 1 aromatic carbocycles. The van der Waals surface area contributed by atoms with Gasteiger partial charge >= 0.3 is 0 Å². The molecule has 25 heavy (non-hydrogen) atoms. The van der Waals surface area contributed by atoms with Crippen molar-refractivity contribution in [2.75, 3.05) is 27.3 Å². The molecule has 1 N–H and O–H groups in total. The summed E-state index contributed by atoms with van der Waals surface area (Å²) < 4.78 is 12.7. The van der Waals surface area contributed by atoms with Crippen molar-refractivity contribution in [3.8, 4) is 11.5 Å². The van der Waals surface area contributed by atoms with E-state index in [0.29, 0.717) is 11.8 Å². The second-order valence-electron chi connectivity index (χ2n) is 7.22. The second kappa shape index (κ2) is 6.56. The molecule has 1 aromatic heterocycles. The molecule has 0 saturated carbocycles. The summed E-state index contributed by atoms with van der Waals surface area (Å²) in [6, 6.07) is 11.9. The van der Waals surface area contributed by atoms with Gasteiger partial charge in [-0.3, -0.25) is 4.79 Å². The lowest BCUT2D eigenvalue weighted by Gasteiger charge is -2.40. The first kappa shape index (κ1) is 16.2. The number of likely N-dealkylation sites (tertiary alicyclic amines) is 1. The minimum atomic E-state index is 0.149. The van der Waals surface area contributed by atoms with Crippen LogP contribution in [0.1, 0.15) is 23.6 Å². The van der Waals surface area contributed by atoms with Gasteiger partial charge in [0.15, 0.2) is 11.5 Å². The van der Waals surface area contributed by atoms with Crippen LogP contribution in [0.5, 0.6) is 11.5 Å². The van der Waals surface area contributed by atoms with E-state index in [0.717, 1.165) is 37.7 Å². The molecule has 1 unspecified atom stereocenters. The van der Waals surface area contributed by atoms with Crippen molar-refractivity contribution < 1.29 is 14.4 Å². The molecular formula is C20H25N2O3+.